The molecule has 0 bridgehead atoms. The summed E-state index contributed by atoms with van der Waals surface area (Å²) < 4.78 is 0. The van der Waals surface area contributed by atoms with E-state index in [1.54, 1.807) is 12.1 Å². The number of ketones is 1. The van der Waals surface area contributed by atoms with Crippen LogP contribution in [0.1, 0.15) is 73.9 Å². The summed E-state index contributed by atoms with van der Waals surface area (Å²) in [5.41, 5.74) is 3.25. The number of rotatable bonds is 9. The van der Waals surface area contributed by atoms with Crippen molar-refractivity contribution >= 4 is 17.6 Å². The zero-order valence-electron chi connectivity index (χ0n) is 22.2. The van der Waals surface area contributed by atoms with E-state index < -0.39 is 6.04 Å². The van der Waals surface area contributed by atoms with Gasteiger partial charge in [0.2, 0.25) is 5.91 Å². The van der Waals surface area contributed by atoms with E-state index in [4.69, 9.17) is 0 Å². The van der Waals surface area contributed by atoms with E-state index in [-0.39, 0.29) is 35.5 Å². The summed E-state index contributed by atoms with van der Waals surface area (Å²) in [7, 11) is 0. The average molecular weight is 504 g/mol. The van der Waals surface area contributed by atoms with Gasteiger partial charge in [-0.3, -0.25) is 19.3 Å². The molecule has 37 heavy (non-hydrogen) atoms. The molecule has 6 nitrogen and oxygen atoms in total. The fraction of sp³-hybridized carbons (Fsp3) is 0.516. The molecule has 2 amide bonds. The van der Waals surface area contributed by atoms with Crippen molar-refractivity contribution < 1.29 is 14.4 Å². The third-order valence-corrected chi connectivity index (χ3v) is 7.68. The van der Waals surface area contributed by atoms with Gasteiger partial charge in [-0.25, -0.2) is 0 Å². The van der Waals surface area contributed by atoms with Crippen LogP contribution in [0.5, 0.6) is 0 Å². The lowest BCUT2D eigenvalue weighted by Crippen LogP contribution is -2.53. The summed E-state index contributed by atoms with van der Waals surface area (Å²) in [6.07, 6.45) is 6.09. The number of aryl methyl sites for hydroxylation is 1. The number of fused-ring (bicyclic) bond motifs is 1. The van der Waals surface area contributed by atoms with Crippen LogP contribution in [0.25, 0.3) is 0 Å². The number of hydrogen-bond donors (Lipinski definition) is 2. The third-order valence-electron chi connectivity index (χ3n) is 7.68. The Bertz CT molecular complexity index is 1070. The lowest BCUT2D eigenvalue weighted by molar-refractivity contribution is -0.132. The Kier molecular flexibility index (Phi) is 9.51. The van der Waals surface area contributed by atoms with Gasteiger partial charge in [0.1, 0.15) is 0 Å². The van der Waals surface area contributed by atoms with Crippen molar-refractivity contribution in [2.45, 2.75) is 77.4 Å². The van der Waals surface area contributed by atoms with Crippen molar-refractivity contribution in [2.24, 2.45) is 11.8 Å². The van der Waals surface area contributed by atoms with Crippen LogP contribution in [0.3, 0.4) is 0 Å². The second kappa shape index (κ2) is 13.0. The van der Waals surface area contributed by atoms with Gasteiger partial charge >= 0.3 is 0 Å². The van der Waals surface area contributed by atoms with E-state index >= 15 is 0 Å². The number of carbonyl (C=O) groups excluding carboxylic acids is 3. The molecule has 0 aromatic heterocycles. The Hall–Kier alpha value is -2.99. The molecule has 2 N–H and O–H groups in total. The molecule has 4 rings (SSSR count). The molecule has 2 aliphatic rings. The lowest BCUT2D eigenvalue weighted by Gasteiger charge is -2.33. The number of nitrogens with one attached hydrogen (secondary N) is 2. The Morgan fingerprint density at radius 2 is 1.62 bits per heavy atom. The topological polar surface area (TPSA) is 78.5 Å². The van der Waals surface area contributed by atoms with Crippen LogP contribution in [0.15, 0.2) is 54.6 Å². The van der Waals surface area contributed by atoms with E-state index in [0.717, 1.165) is 51.6 Å². The monoisotopic (exact) mass is 503 g/mol. The van der Waals surface area contributed by atoms with E-state index in [9.17, 15) is 14.4 Å². The molecular formula is C31H41N3O3. The lowest BCUT2D eigenvalue weighted by atomic mass is 9.83. The molecule has 1 aliphatic heterocycles. The summed E-state index contributed by atoms with van der Waals surface area (Å²) in [4.78, 5) is 42.0. The van der Waals surface area contributed by atoms with Crippen LogP contribution in [-0.2, 0) is 22.6 Å². The molecule has 1 aliphatic carbocycles. The smallest absolute Gasteiger partial charge is 0.251 e. The van der Waals surface area contributed by atoms with Crippen LogP contribution in [0.4, 0.5) is 0 Å². The summed E-state index contributed by atoms with van der Waals surface area (Å²) in [5, 5.41) is 6.22. The molecule has 1 heterocycles. The number of benzene rings is 2. The number of amides is 2. The van der Waals surface area contributed by atoms with Gasteiger partial charge in [-0.2, -0.15) is 0 Å². The molecule has 1 saturated carbocycles. The predicted molar refractivity (Wildman–Crippen MR) is 146 cm³/mol. The highest BCUT2D eigenvalue weighted by Gasteiger charge is 2.34. The molecule has 0 radical (unpaired) electrons. The molecule has 0 saturated heterocycles. The van der Waals surface area contributed by atoms with Gasteiger partial charge in [-0.05, 0) is 67.8 Å². The van der Waals surface area contributed by atoms with Gasteiger partial charge in [0.05, 0.1) is 18.5 Å². The van der Waals surface area contributed by atoms with Crippen molar-refractivity contribution in [2.75, 3.05) is 13.1 Å². The highest BCUT2D eigenvalue weighted by molar-refractivity contribution is 5.95. The summed E-state index contributed by atoms with van der Waals surface area (Å²) in [6.45, 7) is 6.14. The molecule has 198 valence electrons. The molecule has 2 aromatic carbocycles. The largest absolute Gasteiger partial charge is 0.349 e. The Morgan fingerprint density at radius 3 is 2.38 bits per heavy atom. The standard InChI is InChI=1S/C31H41N3O3/c1-22(2)19-28(29(35)21-34-18-10-15-23-11-6-7-14-25(23)20-34)33-31(37)26-16-8-9-17-27(26)32-30(36)24-12-4-3-5-13-24/h3-7,11-14,22,26-28H,8-10,15-21H2,1-2H3,(H,32,36)(H,33,37)/t26-,27+,28+/m0/s1. The highest BCUT2D eigenvalue weighted by atomic mass is 16.2. The van der Waals surface area contributed by atoms with Crippen LogP contribution in [0, 0.1) is 11.8 Å². The van der Waals surface area contributed by atoms with E-state index in [1.807, 2.05) is 18.2 Å². The second-order valence-corrected chi connectivity index (χ2v) is 11.1. The first kappa shape index (κ1) is 27.1. The minimum atomic E-state index is -0.515. The average Bonchev–Trinajstić information content (AvgIpc) is 3.10. The van der Waals surface area contributed by atoms with Crippen molar-refractivity contribution in [3.8, 4) is 0 Å². The highest BCUT2D eigenvalue weighted by Crippen LogP contribution is 2.26. The molecule has 6 heteroatoms. The van der Waals surface area contributed by atoms with Crippen molar-refractivity contribution in [3.05, 3.63) is 71.3 Å². The Balaban J connectivity index is 1.40. The van der Waals surface area contributed by atoms with Gasteiger partial charge in [0.15, 0.2) is 5.78 Å². The van der Waals surface area contributed by atoms with Crippen LogP contribution in [-0.4, -0.2) is 47.7 Å². The minimum absolute atomic E-state index is 0.0714. The van der Waals surface area contributed by atoms with Gasteiger partial charge in [0.25, 0.3) is 5.91 Å². The normalized spacial score (nSPS) is 20.9. The maximum Gasteiger partial charge on any atom is 0.251 e. The predicted octanol–water partition coefficient (Wildman–Crippen LogP) is 4.52. The number of nitrogens with zero attached hydrogens (tertiary/aromatic N) is 1. The first-order chi connectivity index (χ1) is 17.9. The molecule has 3 atom stereocenters. The van der Waals surface area contributed by atoms with Crippen molar-refractivity contribution in [1.82, 2.24) is 15.5 Å². The maximum atomic E-state index is 13.5. The maximum absolute atomic E-state index is 13.5. The van der Waals surface area contributed by atoms with E-state index in [2.05, 4.69) is 53.6 Å². The zero-order valence-corrected chi connectivity index (χ0v) is 22.2. The molecule has 0 unspecified atom stereocenters. The third kappa shape index (κ3) is 7.51. The zero-order chi connectivity index (χ0) is 26.2. The van der Waals surface area contributed by atoms with E-state index in [0.29, 0.717) is 18.5 Å². The van der Waals surface area contributed by atoms with E-state index in [1.165, 1.54) is 11.1 Å². The SMILES string of the molecule is CC(C)C[C@@H](NC(=O)[C@H]1CCCC[C@H]1NC(=O)c1ccccc1)C(=O)CN1CCCc2ccccc2C1. The Morgan fingerprint density at radius 1 is 0.919 bits per heavy atom. The van der Waals surface area contributed by atoms with Crippen molar-refractivity contribution in [3.63, 3.8) is 0 Å². The van der Waals surface area contributed by atoms with Gasteiger partial charge < -0.3 is 10.6 Å². The van der Waals surface area contributed by atoms with Gasteiger partial charge in [-0.15, -0.1) is 0 Å². The fourth-order valence-electron chi connectivity index (χ4n) is 5.71. The number of Topliss-reactive ketones (excluding diaryl/α,β-unsaturated/α-hetero) is 1. The molecule has 1 fully saturated rings. The quantitative estimate of drug-likeness (QED) is 0.527. The van der Waals surface area contributed by atoms with Crippen molar-refractivity contribution in [1.29, 1.82) is 0 Å². The molecular weight excluding hydrogens is 462 g/mol. The molecule has 0 spiro atoms. The molecule has 2 aromatic rings. The summed E-state index contributed by atoms with van der Waals surface area (Å²) in [6, 6.07) is 16.9. The first-order valence-electron chi connectivity index (χ1n) is 13.9. The van der Waals surface area contributed by atoms with Gasteiger partial charge in [0, 0.05) is 18.2 Å². The van der Waals surface area contributed by atoms with Crippen LogP contribution >= 0.6 is 0 Å². The van der Waals surface area contributed by atoms with Crippen LogP contribution < -0.4 is 10.6 Å². The number of carbonyl (C=O) groups is 3. The minimum Gasteiger partial charge on any atom is -0.349 e. The second-order valence-electron chi connectivity index (χ2n) is 11.1. The summed E-state index contributed by atoms with van der Waals surface area (Å²) in [5.74, 6) is -0.241. The fourth-order valence-corrected chi connectivity index (χ4v) is 5.71. The number of hydrogen-bond acceptors (Lipinski definition) is 4. The summed E-state index contributed by atoms with van der Waals surface area (Å²) >= 11 is 0. The first-order valence-corrected chi connectivity index (χ1v) is 13.9. The van der Waals surface area contributed by atoms with Crippen LogP contribution in [0.2, 0.25) is 0 Å². The van der Waals surface area contributed by atoms with Gasteiger partial charge in [-0.1, -0.05) is 69.2 Å². The Labute approximate surface area is 221 Å².